The normalized spacial score (nSPS) is 24.1. The van der Waals surface area contributed by atoms with Crippen molar-refractivity contribution in [1.29, 1.82) is 0 Å². The van der Waals surface area contributed by atoms with Crippen LogP contribution in [0.15, 0.2) is 10.6 Å². The first kappa shape index (κ1) is 24.2. The second kappa shape index (κ2) is 12.6. The summed E-state index contributed by atoms with van der Waals surface area (Å²) in [4.78, 5) is 45.3. The standard InChI is InChI=1S/C13H22Cl2N6O7/c1-27-10-6-8(17-13(24)21(19-26)5-3-15)11(22)9(28-10)7-16-12(23)20(18-25)4-2-14/h8-11,22H,2-7H2,1H3,(H,16,23)(H,17,24)/t8-,9-,10+,11+/m1/s1. The van der Waals surface area contributed by atoms with E-state index in [0.29, 0.717) is 10.0 Å². The van der Waals surface area contributed by atoms with Crippen molar-refractivity contribution in [2.45, 2.75) is 31.0 Å². The number of aliphatic hydroxyl groups is 1. The Hall–Kier alpha value is -1.80. The molecule has 0 aromatic rings. The highest BCUT2D eigenvalue weighted by atomic mass is 35.5. The highest BCUT2D eigenvalue weighted by Gasteiger charge is 2.39. The molecule has 0 bridgehead atoms. The monoisotopic (exact) mass is 444 g/mol. The van der Waals surface area contributed by atoms with Gasteiger partial charge in [-0.3, -0.25) is 0 Å². The van der Waals surface area contributed by atoms with Gasteiger partial charge in [-0.1, -0.05) is 0 Å². The van der Waals surface area contributed by atoms with E-state index in [2.05, 4.69) is 21.2 Å². The van der Waals surface area contributed by atoms with E-state index in [1.54, 1.807) is 0 Å². The fourth-order valence-electron chi connectivity index (χ4n) is 2.43. The van der Waals surface area contributed by atoms with Crippen LogP contribution < -0.4 is 10.6 Å². The van der Waals surface area contributed by atoms with Crippen molar-refractivity contribution < 1.29 is 24.2 Å². The number of carbonyl (C=O) groups is 2. The van der Waals surface area contributed by atoms with Crippen LogP contribution in [0.1, 0.15) is 6.42 Å². The molecule has 0 unspecified atom stereocenters. The highest BCUT2D eigenvalue weighted by Crippen LogP contribution is 2.21. The molecule has 1 fully saturated rings. The number of nitroso groups, excluding NO2 is 2. The predicted octanol–water partition coefficient (Wildman–Crippen LogP) is 0.341. The smallest absolute Gasteiger partial charge is 0.340 e. The summed E-state index contributed by atoms with van der Waals surface area (Å²) in [6.07, 6.45) is -2.96. The van der Waals surface area contributed by atoms with Gasteiger partial charge in [0.1, 0.15) is 12.2 Å². The molecule has 0 saturated carbocycles. The molecule has 160 valence electrons. The largest absolute Gasteiger partial charge is 0.388 e. The average molecular weight is 445 g/mol. The Morgan fingerprint density at radius 1 is 1.18 bits per heavy atom. The van der Waals surface area contributed by atoms with Gasteiger partial charge in [-0.05, 0) is 0 Å². The van der Waals surface area contributed by atoms with Gasteiger partial charge < -0.3 is 25.2 Å². The molecule has 1 saturated heterocycles. The lowest BCUT2D eigenvalue weighted by atomic mass is 9.98. The van der Waals surface area contributed by atoms with Crippen molar-refractivity contribution >= 4 is 35.3 Å². The molecule has 0 aromatic carbocycles. The van der Waals surface area contributed by atoms with Crippen LogP contribution in [0, 0.1) is 9.81 Å². The molecule has 3 N–H and O–H groups in total. The van der Waals surface area contributed by atoms with Gasteiger partial charge in [0.05, 0.1) is 29.7 Å². The van der Waals surface area contributed by atoms with Crippen molar-refractivity contribution in [1.82, 2.24) is 20.7 Å². The zero-order valence-corrected chi connectivity index (χ0v) is 16.5. The van der Waals surface area contributed by atoms with E-state index < -0.39 is 36.6 Å². The third-order valence-electron chi connectivity index (χ3n) is 3.85. The summed E-state index contributed by atoms with van der Waals surface area (Å²) < 4.78 is 10.6. The predicted molar refractivity (Wildman–Crippen MR) is 98.5 cm³/mol. The summed E-state index contributed by atoms with van der Waals surface area (Å²) in [5.41, 5.74) is 0. The lowest BCUT2D eigenvalue weighted by Crippen LogP contribution is -2.60. The summed E-state index contributed by atoms with van der Waals surface area (Å²) in [6.45, 7) is -0.421. The number of urea groups is 2. The summed E-state index contributed by atoms with van der Waals surface area (Å²) >= 11 is 11.0. The van der Waals surface area contributed by atoms with Gasteiger partial charge in [-0.15, -0.1) is 33.0 Å². The van der Waals surface area contributed by atoms with Crippen LogP contribution in [0.3, 0.4) is 0 Å². The van der Waals surface area contributed by atoms with E-state index in [0.717, 1.165) is 0 Å². The van der Waals surface area contributed by atoms with Crippen molar-refractivity contribution in [2.24, 2.45) is 10.6 Å². The number of alkyl halides is 2. The van der Waals surface area contributed by atoms with Crippen LogP contribution in [0.2, 0.25) is 0 Å². The maximum Gasteiger partial charge on any atom is 0.340 e. The average Bonchev–Trinajstić information content (AvgIpc) is 2.70. The Labute approximate surface area is 170 Å². The molecule has 13 nitrogen and oxygen atoms in total. The number of amides is 4. The quantitative estimate of drug-likeness (QED) is 0.248. The maximum atomic E-state index is 12.1. The lowest BCUT2D eigenvalue weighted by molar-refractivity contribution is -0.217. The number of hydrogen-bond acceptors (Lipinski definition) is 9. The number of methoxy groups -OCH3 is 1. The van der Waals surface area contributed by atoms with E-state index in [9.17, 15) is 24.5 Å². The summed E-state index contributed by atoms with van der Waals surface area (Å²) in [7, 11) is 1.36. The zero-order valence-electron chi connectivity index (χ0n) is 15.0. The molecule has 0 radical (unpaired) electrons. The van der Waals surface area contributed by atoms with E-state index >= 15 is 0 Å². The third-order valence-corrected chi connectivity index (χ3v) is 4.19. The topological polar surface area (TPSA) is 162 Å². The Balaban J connectivity index is 2.74. The molecule has 0 spiro atoms. The van der Waals surface area contributed by atoms with Crippen molar-refractivity contribution in [2.75, 3.05) is 38.5 Å². The minimum Gasteiger partial charge on any atom is -0.388 e. The number of nitrogens with zero attached hydrogens (tertiary/aromatic N) is 4. The first-order valence-corrected chi connectivity index (χ1v) is 9.26. The lowest BCUT2D eigenvalue weighted by Gasteiger charge is -2.39. The van der Waals surface area contributed by atoms with E-state index in [-0.39, 0.29) is 37.8 Å². The van der Waals surface area contributed by atoms with Crippen LogP contribution in [0.25, 0.3) is 0 Å². The number of halogens is 2. The minimum atomic E-state index is -1.26. The van der Waals surface area contributed by atoms with Crippen molar-refractivity contribution in [3.63, 3.8) is 0 Å². The molecule has 0 aromatic heterocycles. The van der Waals surface area contributed by atoms with E-state index in [4.69, 9.17) is 32.7 Å². The van der Waals surface area contributed by atoms with Gasteiger partial charge in [-0.25, -0.2) is 9.59 Å². The second-order valence-electron chi connectivity index (χ2n) is 5.60. The molecule has 4 atom stereocenters. The van der Waals surface area contributed by atoms with Gasteiger partial charge >= 0.3 is 12.1 Å². The Morgan fingerprint density at radius 2 is 1.75 bits per heavy atom. The summed E-state index contributed by atoms with van der Waals surface area (Å²) in [5.74, 6) is -0.000445. The number of carbonyl (C=O) groups excluding carboxylic acids is 2. The van der Waals surface area contributed by atoms with Gasteiger partial charge in [0.25, 0.3) is 0 Å². The molecule has 4 amide bonds. The van der Waals surface area contributed by atoms with Crippen LogP contribution >= 0.6 is 23.2 Å². The van der Waals surface area contributed by atoms with Gasteiger partial charge in [0, 0.05) is 31.8 Å². The number of aliphatic hydroxyl groups excluding tert-OH is 1. The maximum absolute atomic E-state index is 12.1. The molecule has 28 heavy (non-hydrogen) atoms. The molecule has 1 aliphatic rings. The summed E-state index contributed by atoms with van der Waals surface area (Å²) in [6, 6.07) is -2.54. The molecule has 1 heterocycles. The highest BCUT2D eigenvalue weighted by molar-refractivity contribution is 6.18. The van der Waals surface area contributed by atoms with Gasteiger partial charge in [-0.2, -0.15) is 10.0 Å². The van der Waals surface area contributed by atoms with E-state index in [1.165, 1.54) is 7.11 Å². The Kier molecular flexibility index (Phi) is 10.9. The Bertz CT molecular complexity index is 546. The number of ether oxygens (including phenoxy) is 2. The second-order valence-corrected chi connectivity index (χ2v) is 6.35. The fourth-order valence-corrected chi connectivity index (χ4v) is 2.75. The molecule has 1 aliphatic heterocycles. The van der Waals surface area contributed by atoms with Crippen LogP contribution in [-0.2, 0) is 9.47 Å². The first-order chi connectivity index (χ1) is 13.4. The van der Waals surface area contributed by atoms with Crippen LogP contribution in [-0.4, -0.2) is 90.2 Å². The summed E-state index contributed by atoms with van der Waals surface area (Å²) in [5, 5.41) is 21.6. The van der Waals surface area contributed by atoms with E-state index in [1.807, 2.05) is 0 Å². The fraction of sp³-hybridized carbons (Fsp3) is 0.846. The first-order valence-electron chi connectivity index (χ1n) is 8.19. The molecular formula is C13H22Cl2N6O7. The van der Waals surface area contributed by atoms with Crippen molar-refractivity contribution in [3.8, 4) is 0 Å². The van der Waals surface area contributed by atoms with Crippen molar-refractivity contribution in [3.05, 3.63) is 9.81 Å². The molecule has 0 aliphatic carbocycles. The zero-order chi connectivity index (χ0) is 21.1. The third kappa shape index (κ3) is 6.98. The Morgan fingerprint density at radius 3 is 2.25 bits per heavy atom. The van der Waals surface area contributed by atoms with Crippen LogP contribution in [0.5, 0.6) is 0 Å². The van der Waals surface area contributed by atoms with Gasteiger partial charge in [0.2, 0.25) is 0 Å². The number of rotatable bonds is 10. The number of hydrogen-bond donors (Lipinski definition) is 3. The van der Waals surface area contributed by atoms with Gasteiger partial charge in [0.15, 0.2) is 6.29 Å². The molecular weight excluding hydrogens is 423 g/mol. The molecule has 15 heteroatoms. The van der Waals surface area contributed by atoms with Crippen LogP contribution in [0.4, 0.5) is 9.59 Å². The molecule has 1 rings (SSSR count). The number of nitrogens with one attached hydrogen (secondary N) is 2. The minimum absolute atomic E-state index is 0.00510. The SMILES string of the molecule is CO[C@@H]1C[C@@H](NC(=O)N(CCCl)N=O)[C@H](O)[C@@H](CNC(=O)N(CCCl)N=O)O1.